The summed E-state index contributed by atoms with van der Waals surface area (Å²) in [5.74, 6) is 0.444. The molecule has 0 aliphatic heterocycles. The average Bonchev–Trinajstić information content (AvgIpc) is 2.49. The van der Waals surface area contributed by atoms with Crippen molar-refractivity contribution in [3.63, 3.8) is 0 Å². The number of methoxy groups -OCH3 is 1. The fourth-order valence-electron chi connectivity index (χ4n) is 1.81. The summed E-state index contributed by atoms with van der Waals surface area (Å²) in [6, 6.07) is 6.28. The standard InChI is InChI=1S/C14H9BrFN3O2/c1-20-12-4-9-11(5-10(12)16)18-7-19-14(9)21-8-2-3-13(15)17-6-8/h2-7H,1H3. The molecule has 0 aliphatic rings. The van der Waals surface area contributed by atoms with Crippen LogP contribution in [-0.4, -0.2) is 22.1 Å². The fraction of sp³-hybridized carbons (Fsp3) is 0.0714. The van der Waals surface area contributed by atoms with E-state index in [0.29, 0.717) is 27.1 Å². The predicted octanol–water partition coefficient (Wildman–Crippen LogP) is 3.73. The van der Waals surface area contributed by atoms with Crippen molar-refractivity contribution in [2.75, 3.05) is 7.11 Å². The fourth-order valence-corrected chi connectivity index (χ4v) is 2.04. The summed E-state index contributed by atoms with van der Waals surface area (Å²) in [6.45, 7) is 0. The van der Waals surface area contributed by atoms with E-state index < -0.39 is 5.82 Å². The molecule has 0 spiro atoms. The first-order chi connectivity index (χ1) is 10.2. The van der Waals surface area contributed by atoms with Crippen molar-refractivity contribution < 1.29 is 13.9 Å². The molecule has 0 N–H and O–H groups in total. The van der Waals surface area contributed by atoms with Crippen molar-refractivity contribution in [2.45, 2.75) is 0 Å². The number of nitrogens with zero attached hydrogens (tertiary/aromatic N) is 3. The van der Waals surface area contributed by atoms with Gasteiger partial charge < -0.3 is 9.47 Å². The van der Waals surface area contributed by atoms with Crippen molar-refractivity contribution in [3.05, 3.63) is 47.2 Å². The molecule has 106 valence electrons. The van der Waals surface area contributed by atoms with E-state index in [0.717, 1.165) is 0 Å². The smallest absolute Gasteiger partial charge is 0.230 e. The molecule has 0 aliphatic carbocycles. The van der Waals surface area contributed by atoms with Crippen molar-refractivity contribution >= 4 is 26.8 Å². The number of hydrogen-bond donors (Lipinski definition) is 0. The summed E-state index contributed by atoms with van der Waals surface area (Å²) in [7, 11) is 1.40. The first kappa shape index (κ1) is 13.7. The number of rotatable bonds is 3. The molecule has 0 amide bonds. The number of hydrogen-bond acceptors (Lipinski definition) is 5. The van der Waals surface area contributed by atoms with Crippen LogP contribution in [0, 0.1) is 5.82 Å². The van der Waals surface area contributed by atoms with Crippen LogP contribution in [0.2, 0.25) is 0 Å². The van der Waals surface area contributed by atoms with E-state index in [4.69, 9.17) is 9.47 Å². The molecule has 0 atom stereocenters. The van der Waals surface area contributed by atoms with E-state index in [1.807, 2.05) is 0 Å². The predicted molar refractivity (Wildman–Crippen MR) is 78.1 cm³/mol. The van der Waals surface area contributed by atoms with E-state index in [9.17, 15) is 4.39 Å². The maximum atomic E-state index is 13.7. The minimum Gasteiger partial charge on any atom is -0.494 e. The monoisotopic (exact) mass is 349 g/mol. The second-order valence-corrected chi connectivity index (χ2v) is 4.91. The van der Waals surface area contributed by atoms with E-state index in [1.54, 1.807) is 18.3 Å². The van der Waals surface area contributed by atoms with Gasteiger partial charge in [-0.15, -0.1) is 0 Å². The van der Waals surface area contributed by atoms with Gasteiger partial charge >= 0.3 is 0 Å². The summed E-state index contributed by atoms with van der Waals surface area (Å²) in [5.41, 5.74) is 0.434. The first-order valence-corrected chi connectivity index (χ1v) is 6.74. The molecule has 5 nitrogen and oxygen atoms in total. The lowest BCUT2D eigenvalue weighted by atomic mass is 10.2. The third kappa shape index (κ3) is 2.78. The van der Waals surface area contributed by atoms with E-state index in [-0.39, 0.29) is 5.75 Å². The zero-order chi connectivity index (χ0) is 14.8. The number of aromatic nitrogens is 3. The molecule has 3 aromatic rings. The van der Waals surface area contributed by atoms with Gasteiger partial charge in [-0.05, 0) is 34.1 Å². The molecular formula is C14H9BrFN3O2. The first-order valence-electron chi connectivity index (χ1n) is 5.95. The Bertz CT molecular complexity index is 796. The second kappa shape index (κ2) is 5.61. The van der Waals surface area contributed by atoms with Crippen LogP contribution in [0.3, 0.4) is 0 Å². The molecule has 2 aromatic heterocycles. The summed E-state index contributed by atoms with van der Waals surface area (Å²) >= 11 is 3.25. The molecule has 0 saturated heterocycles. The van der Waals surface area contributed by atoms with E-state index >= 15 is 0 Å². The molecule has 0 radical (unpaired) electrons. The Morgan fingerprint density at radius 3 is 2.71 bits per heavy atom. The van der Waals surface area contributed by atoms with E-state index in [1.165, 1.54) is 25.6 Å². The van der Waals surface area contributed by atoms with Gasteiger partial charge in [-0.25, -0.2) is 19.3 Å². The molecule has 1 aromatic carbocycles. The molecule has 2 heterocycles. The Morgan fingerprint density at radius 2 is 2.00 bits per heavy atom. The van der Waals surface area contributed by atoms with Gasteiger partial charge in [-0.3, -0.25) is 0 Å². The molecule has 3 rings (SSSR count). The van der Waals surface area contributed by atoms with Crippen LogP contribution >= 0.6 is 15.9 Å². The summed E-state index contributed by atoms with van der Waals surface area (Å²) in [5, 5.41) is 0.554. The van der Waals surface area contributed by atoms with Crippen LogP contribution in [0.5, 0.6) is 17.4 Å². The quantitative estimate of drug-likeness (QED) is 0.674. The highest BCUT2D eigenvalue weighted by Crippen LogP contribution is 2.31. The zero-order valence-corrected chi connectivity index (χ0v) is 12.5. The lowest BCUT2D eigenvalue weighted by molar-refractivity contribution is 0.387. The number of pyridine rings is 1. The van der Waals surface area contributed by atoms with Crippen molar-refractivity contribution in [3.8, 4) is 17.4 Å². The molecule has 0 unspecified atom stereocenters. The van der Waals surface area contributed by atoms with Crippen LogP contribution in [0.25, 0.3) is 10.9 Å². The normalized spacial score (nSPS) is 10.6. The second-order valence-electron chi connectivity index (χ2n) is 4.10. The largest absolute Gasteiger partial charge is 0.494 e. The maximum absolute atomic E-state index is 13.7. The molecule has 0 saturated carbocycles. The Hall–Kier alpha value is -2.28. The Morgan fingerprint density at radius 1 is 1.14 bits per heavy atom. The van der Waals surface area contributed by atoms with Crippen LogP contribution in [-0.2, 0) is 0 Å². The van der Waals surface area contributed by atoms with E-state index in [2.05, 4.69) is 30.9 Å². The summed E-state index contributed by atoms with van der Waals surface area (Å²) in [4.78, 5) is 12.2. The average molecular weight is 350 g/mol. The van der Waals surface area contributed by atoms with Gasteiger partial charge in [0.1, 0.15) is 16.7 Å². The van der Waals surface area contributed by atoms with Gasteiger partial charge in [0.2, 0.25) is 5.88 Å². The molecule has 21 heavy (non-hydrogen) atoms. The Kier molecular flexibility index (Phi) is 3.66. The number of benzene rings is 1. The lowest BCUT2D eigenvalue weighted by Crippen LogP contribution is -1.94. The number of halogens is 2. The molecule has 0 fully saturated rings. The highest BCUT2D eigenvalue weighted by atomic mass is 79.9. The van der Waals surface area contributed by atoms with Crippen LogP contribution < -0.4 is 9.47 Å². The number of fused-ring (bicyclic) bond motifs is 1. The molecule has 0 bridgehead atoms. The van der Waals surface area contributed by atoms with Gasteiger partial charge in [0.25, 0.3) is 0 Å². The minimum atomic E-state index is -0.486. The molecule has 7 heteroatoms. The van der Waals surface area contributed by atoms with Crippen molar-refractivity contribution in [1.29, 1.82) is 0 Å². The zero-order valence-electron chi connectivity index (χ0n) is 10.9. The summed E-state index contributed by atoms with van der Waals surface area (Å²) in [6.07, 6.45) is 2.87. The molecular weight excluding hydrogens is 341 g/mol. The topological polar surface area (TPSA) is 57.1 Å². The number of ether oxygens (including phenoxy) is 2. The van der Waals surface area contributed by atoms with Crippen LogP contribution in [0.4, 0.5) is 4.39 Å². The highest BCUT2D eigenvalue weighted by molar-refractivity contribution is 9.10. The maximum Gasteiger partial charge on any atom is 0.230 e. The van der Waals surface area contributed by atoms with Gasteiger partial charge in [-0.1, -0.05) is 0 Å². The van der Waals surface area contributed by atoms with Crippen LogP contribution in [0.15, 0.2) is 41.4 Å². The Labute approximate surface area is 127 Å². The Balaban J connectivity index is 2.07. The van der Waals surface area contributed by atoms with Gasteiger partial charge in [0, 0.05) is 6.07 Å². The van der Waals surface area contributed by atoms with Gasteiger partial charge in [0.05, 0.1) is 24.2 Å². The lowest BCUT2D eigenvalue weighted by Gasteiger charge is -2.09. The van der Waals surface area contributed by atoms with Gasteiger partial charge in [0.15, 0.2) is 11.6 Å². The van der Waals surface area contributed by atoms with Gasteiger partial charge in [-0.2, -0.15) is 0 Å². The van der Waals surface area contributed by atoms with Crippen molar-refractivity contribution in [2.24, 2.45) is 0 Å². The highest BCUT2D eigenvalue weighted by Gasteiger charge is 2.11. The SMILES string of the molecule is COc1cc2c(Oc3ccc(Br)nc3)ncnc2cc1F. The third-order valence-electron chi connectivity index (χ3n) is 2.79. The van der Waals surface area contributed by atoms with Crippen LogP contribution in [0.1, 0.15) is 0 Å². The minimum absolute atomic E-state index is 0.107. The van der Waals surface area contributed by atoms with Crippen molar-refractivity contribution in [1.82, 2.24) is 15.0 Å². The summed E-state index contributed by atoms with van der Waals surface area (Å²) < 4.78 is 25.0. The third-order valence-corrected chi connectivity index (χ3v) is 3.26.